The fraction of sp³-hybridized carbons (Fsp3) is 0.500. The Hall–Kier alpha value is -8.15. The number of carbonyl (C=O) groups excluding carboxylic acids is 3. The molecule has 51 nitrogen and oxygen atoms in total. The van der Waals surface area contributed by atoms with E-state index in [1.165, 1.54) is 91.3 Å². The molecule has 0 radical (unpaired) electrons. The van der Waals surface area contributed by atoms with Crippen molar-refractivity contribution in [1.82, 2.24) is 72.3 Å². The minimum atomic E-state index is -4.38. The highest BCUT2D eigenvalue weighted by molar-refractivity contribution is 8.44. The number of Topliss-reactive ketones (excluding diaryl/α,β-unsaturated/α-hetero) is 3. The van der Waals surface area contributed by atoms with Gasteiger partial charge < -0.3 is 122 Å². The lowest BCUT2D eigenvalue weighted by molar-refractivity contribution is -0.0569. The first kappa shape index (κ1) is 95.8. The molecule has 69 heteroatoms. The van der Waals surface area contributed by atoms with E-state index in [0.29, 0.717) is 33.6 Å². The molecule has 9 aromatic rings. The van der Waals surface area contributed by atoms with Crippen LogP contribution in [0.1, 0.15) is 88.1 Å². The lowest BCUT2D eigenvalue weighted by Gasteiger charge is -2.31. The van der Waals surface area contributed by atoms with Crippen LogP contribution in [0.2, 0.25) is 0 Å². The summed E-state index contributed by atoms with van der Waals surface area (Å²) in [5.74, 6) is -1.24. The predicted molar refractivity (Wildman–Crippen MR) is 473 cm³/mol. The summed E-state index contributed by atoms with van der Waals surface area (Å²) in [7, 11) is -15.4. The quantitative estimate of drug-likeness (QED) is 0.0499. The Morgan fingerprint density at radius 3 is 0.874 bits per heavy atom. The molecule has 6 unspecified atom stereocenters. The first-order valence-corrected chi connectivity index (χ1v) is 50.2. The number of nitrogen functional groups attached to an aromatic ring is 3. The lowest BCUT2D eigenvalue weighted by Crippen LogP contribution is -2.37. The molecule has 9 fully saturated rings. The largest absolute Gasteiger partial charge is 0.397 e. The number of ether oxygens (including phenoxy) is 6. The second-order valence-electron chi connectivity index (χ2n) is 30.6. The summed E-state index contributed by atoms with van der Waals surface area (Å²) in [6, 6.07) is 4.60. The maximum Gasteiger partial charge on any atom is 0.386 e. The fourth-order valence-corrected chi connectivity index (χ4v) is 22.8. The van der Waals surface area contributed by atoms with E-state index in [1.54, 1.807) is 0 Å². The fourth-order valence-electron chi connectivity index (χ4n) is 16.2. The Morgan fingerprint density at radius 1 is 0.356 bits per heavy atom. The number of fused-ring (bicyclic) bond motifs is 12. The number of halogens is 6. The van der Waals surface area contributed by atoms with Crippen LogP contribution in [-0.4, -0.2) is 290 Å². The summed E-state index contributed by atoms with van der Waals surface area (Å²) < 4.78 is 261. The number of nitrogens with two attached hydrogens (primary N) is 6. The molecular weight excluding hydrogens is 1990 g/mol. The zero-order valence-electron chi connectivity index (χ0n) is 66.5. The first-order chi connectivity index (χ1) is 63.9. The SMILES string of the molecule is [BH3-][P@@]1(=O)OCC2O[C@@H](n3cnc4c(N)ccnc43)[C@H](F)[C@@H]2OP(=O)(S)OC[C@H]2O[C@@H](n3cnc4c3N=C(N)CC4=O)[C@H](F)[C@@H]2O1.[BH3-][P@@]1(=O)OCC2O[C@@H](n3cnc4c(N)ccnc43)[C@H](F)[C@@H]2OP(O)(=S)OC[C@H]2O[C@@H](n3cnc4c3N=C(N)CC4=O)[C@H](F)[C@@H]2O1.[BH3-][P@]1(=O)OCC2O[C@@H](n3cnc4c(N)ccnc43)[C@H](F)[C@@H]2OP(O)(=S)OC[C@H]2O[C@@H](n3cnc4c3N=C(N)CC4=O)[C@H](F)[C@@H]2O1. The van der Waals surface area contributed by atoms with Gasteiger partial charge in [0.1, 0.15) is 130 Å². The van der Waals surface area contributed by atoms with Gasteiger partial charge in [-0.1, -0.05) is 12.2 Å². The van der Waals surface area contributed by atoms with Crippen molar-refractivity contribution in [3.8, 4) is 0 Å². The Bertz CT molecular complexity index is 6060. The second-order valence-corrected chi connectivity index (χ2v) is 41.8. The highest BCUT2D eigenvalue weighted by Gasteiger charge is 2.59. The topological polar surface area (TPSA) is 665 Å². The number of anilines is 3. The molecule has 0 aliphatic carbocycles. The Balaban J connectivity index is 0.000000130. The molecular formula is C66H78B3F6N24O27P6S3-3. The van der Waals surface area contributed by atoms with Crippen LogP contribution in [0, 0.1) is 0 Å². The van der Waals surface area contributed by atoms with Gasteiger partial charge in [0.05, 0.1) is 137 Å². The highest BCUT2D eigenvalue weighted by Crippen LogP contribution is 2.62. The minimum Gasteiger partial charge on any atom is -0.397 e. The number of rotatable bonds is 6. The highest BCUT2D eigenvalue weighted by atomic mass is 32.7. The minimum absolute atomic E-state index is 0.00643. The summed E-state index contributed by atoms with van der Waals surface area (Å²) in [6.07, 6.45) is -26.1. The van der Waals surface area contributed by atoms with Crippen molar-refractivity contribution in [2.24, 2.45) is 32.2 Å². The van der Waals surface area contributed by atoms with E-state index >= 15 is 26.3 Å². The van der Waals surface area contributed by atoms with E-state index in [-0.39, 0.29) is 88.2 Å². The van der Waals surface area contributed by atoms with Gasteiger partial charge in [-0.25, -0.2) is 90.7 Å². The molecule has 12 aliphatic rings. The molecule has 0 saturated carbocycles. The number of hydrogen-bond donors (Lipinski definition) is 9. The molecule has 9 aromatic heterocycles. The van der Waals surface area contributed by atoms with E-state index in [1.807, 2.05) is 0 Å². The lowest BCUT2D eigenvalue weighted by atomic mass is 10.1. The summed E-state index contributed by atoms with van der Waals surface area (Å²) in [5.41, 5.74) is 37.7. The van der Waals surface area contributed by atoms with E-state index in [2.05, 4.69) is 72.1 Å². The van der Waals surface area contributed by atoms with Crippen LogP contribution in [0.25, 0.3) is 33.5 Å². The average molecular weight is 2070 g/mol. The second kappa shape index (κ2) is 36.5. The third-order valence-corrected chi connectivity index (χ3v) is 29.3. The van der Waals surface area contributed by atoms with E-state index in [0.717, 1.165) is 10.9 Å². The summed E-state index contributed by atoms with van der Waals surface area (Å²) in [6.45, 7) is -16.2. The van der Waals surface area contributed by atoms with Crippen molar-refractivity contribution in [2.75, 3.05) is 56.8 Å². The van der Waals surface area contributed by atoms with Crippen LogP contribution < -0.4 is 34.4 Å². The summed E-state index contributed by atoms with van der Waals surface area (Å²) >= 11 is 14.4. The predicted octanol–water partition coefficient (Wildman–Crippen LogP) is 2.21. The van der Waals surface area contributed by atoms with Gasteiger partial charge in [-0.15, -0.1) is 0 Å². The number of ketones is 3. The number of amidine groups is 3. The number of hydrogen-bond acceptors (Lipinski definition) is 45. The molecule has 30 atom stereocenters. The number of aliphatic imine (C=N–C) groups is 3. The molecule has 14 N–H and O–H groups in total. The third kappa shape index (κ3) is 18.6. The molecule has 21 heterocycles. The Labute approximate surface area is 771 Å². The number of pyridine rings is 3. The van der Waals surface area contributed by atoms with Crippen LogP contribution in [0.3, 0.4) is 0 Å². The monoisotopic (exact) mass is 2070 g/mol. The summed E-state index contributed by atoms with van der Waals surface area (Å²) in [4.78, 5) is 109. The maximum atomic E-state index is 16.1. The van der Waals surface area contributed by atoms with Crippen molar-refractivity contribution in [3.63, 3.8) is 0 Å². The van der Waals surface area contributed by atoms with Crippen LogP contribution >= 0.6 is 54.9 Å². The van der Waals surface area contributed by atoms with Gasteiger partial charge in [0.2, 0.25) is 0 Å². The smallest absolute Gasteiger partial charge is 0.386 e. The van der Waals surface area contributed by atoms with Gasteiger partial charge in [0, 0.05) is 18.6 Å². The normalized spacial score (nSPS) is 39.0. The maximum absolute atomic E-state index is 16.1. The molecule has 0 aromatic carbocycles. The van der Waals surface area contributed by atoms with Gasteiger partial charge in [-0.05, 0) is 41.8 Å². The number of alkyl halides is 6. The van der Waals surface area contributed by atoms with Gasteiger partial charge in [0.15, 0.2) is 143 Å². The molecule has 0 amide bonds. The van der Waals surface area contributed by atoms with Crippen molar-refractivity contribution in [3.05, 3.63) is 91.8 Å². The van der Waals surface area contributed by atoms with Gasteiger partial charge in [0.25, 0.3) is 0 Å². The van der Waals surface area contributed by atoms with E-state index in [9.17, 15) is 42.4 Å². The van der Waals surface area contributed by atoms with Crippen molar-refractivity contribution >= 4 is 204 Å². The van der Waals surface area contributed by atoms with E-state index < -0.39 is 270 Å². The van der Waals surface area contributed by atoms with Crippen molar-refractivity contribution < 1.29 is 151 Å². The third-order valence-electron chi connectivity index (χ3n) is 22.2. The molecule has 9 saturated heterocycles. The molecule has 21 rings (SSSR count). The summed E-state index contributed by atoms with van der Waals surface area (Å²) in [5, 5.41) is 0. The van der Waals surface area contributed by atoms with Gasteiger partial charge in [-0.3, -0.25) is 59.9 Å². The first-order valence-electron chi connectivity index (χ1n) is 39.1. The standard InChI is InChI=1S/3C22H26BF2N8O9P2S/c3*23-43(35)37-4-10-18(14(25)21(39-10)32-6-29-15-8(26)1-2-28-19(15)32)42-44(36,45)38-5-11-17(41-43)13(24)22(40-11)33-7-30-16-9(34)3-12(27)31-20(16)33/h3*1-2,6-7,10-11,13-14,17-18,21-22H,3-5H2,23H3,(H2,26,28)(H2,27,31)(H,36,45)/q3*-1/t10?,11-,13-,14-,17-,18-,21-,22-,43+,44?;2*10?,11-,13-,14-,17-,18-,21-,22-,43-,44?/m111/s1. The molecule has 135 heavy (non-hydrogen) atoms. The zero-order chi connectivity index (χ0) is 95.5. The molecule has 0 bridgehead atoms. The van der Waals surface area contributed by atoms with Crippen molar-refractivity contribution in [2.45, 2.75) is 167 Å². The number of carbonyl (C=O) groups is 3. The number of thiol groups is 1. The number of nitrogens with zero attached hydrogens (tertiary/aromatic N) is 18. The average Bonchev–Trinajstić information content (AvgIpc) is 1.62. The molecule has 0 spiro atoms. The van der Waals surface area contributed by atoms with Gasteiger partial charge in [-0.2, -0.15) is 0 Å². The molecule has 726 valence electrons. The Kier molecular flexibility index (Phi) is 25.9. The van der Waals surface area contributed by atoms with E-state index in [4.69, 9.17) is 141 Å². The van der Waals surface area contributed by atoms with Gasteiger partial charge >= 0.3 is 20.2 Å². The Morgan fingerprint density at radius 2 is 0.593 bits per heavy atom. The van der Waals surface area contributed by atoms with Crippen LogP contribution in [-0.2, 0) is 125 Å². The number of imidazole rings is 6. The van der Waals surface area contributed by atoms with Crippen LogP contribution in [0.15, 0.2) is 89.7 Å². The van der Waals surface area contributed by atoms with Crippen LogP contribution in [0.4, 0.5) is 60.9 Å². The number of aromatic nitrogens is 15. The van der Waals surface area contributed by atoms with Crippen molar-refractivity contribution in [1.29, 1.82) is 0 Å². The van der Waals surface area contributed by atoms with Crippen LogP contribution in [0.5, 0.6) is 0 Å². The zero-order valence-corrected chi connectivity index (χ0v) is 74.4. The molecule has 12 aliphatic heterocycles.